The first kappa shape index (κ1) is 12.0. The summed E-state index contributed by atoms with van der Waals surface area (Å²) in [5, 5.41) is 0. The third-order valence-electron chi connectivity index (χ3n) is 2.72. The van der Waals surface area contributed by atoms with Gasteiger partial charge in [-0.05, 0) is 29.0 Å². The molecule has 1 atom stereocenters. The Bertz CT molecular complexity index is 396. The first-order valence-electron chi connectivity index (χ1n) is 5.21. The number of allylic oxidation sites excluding steroid dienone is 5. The molecular weight excluding hydrogens is 288 g/mol. The minimum Gasteiger partial charge on any atom is -0.469 e. The van der Waals surface area contributed by atoms with Crippen molar-refractivity contribution in [3.05, 3.63) is 33.9 Å². The van der Waals surface area contributed by atoms with Crippen molar-refractivity contribution in [2.24, 2.45) is 5.92 Å². The highest BCUT2D eigenvalue weighted by molar-refractivity contribution is 9.11. The lowest BCUT2D eigenvalue weighted by atomic mass is 10.2. The Morgan fingerprint density at radius 3 is 3.12 bits per heavy atom. The lowest BCUT2D eigenvalue weighted by molar-refractivity contribution is -0.140. The quantitative estimate of drug-likeness (QED) is 0.337. The van der Waals surface area contributed by atoms with Gasteiger partial charge in [-0.3, -0.25) is 4.79 Å². The van der Waals surface area contributed by atoms with E-state index in [1.54, 1.807) is 0 Å². The predicted molar refractivity (Wildman–Crippen MR) is 71.8 cm³/mol. The summed E-state index contributed by atoms with van der Waals surface area (Å²) in [6, 6.07) is 0. The molecule has 16 heavy (non-hydrogen) atoms. The Morgan fingerprint density at radius 2 is 2.44 bits per heavy atom. The van der Waals surface area contributed by atoms with Crippen molar-refractivity contribution in [2.75, 3.05) is 18.6 Å². The highest BCUT2D eigenvalue weighted by Crippen LogP contribution is 2.45. The van der Waals surface area contributed by atoms with Crippen LogP contribution in [0.5, 0.6) is 0 Å². The number of carbonyl (C=O) groups excluding carboxylic acids is 1. The van der Waals surface area contributed by atoms with Crippen molar-refractivity contribution < 1.29 is 9.53 Å². The van der Waals surface area contributed by atoms with Gasteiger partial charge in [0, 0.05) is 10.4 Å². The molecule has 0 saturated carbocycles. The van der Waals surface area contributed by atoms with Crippen LogP contribution in [0.3, 0.4) is 0 Å². The van der Waals surface area contributed by atoms with Crippen LogP contribution in [0.2, 0.25) is 0 Å². The van der Waals surface area contributed by atoms with Crippen LogP contribution in [0.25, 0.3) is 0 Å². The Labute approximate surface area is 108 Å². The number of hydrogen-bond acceptors (Lipinski definition) is 2. The van der Waals surface area contributed by atoms with E-state index in [2.05, 4.69) is 38.9 Å². The summed E-state index contributed by atoms with van der Waals surface area (Å²) in [7, 11) is 1.44. The van der Waals surface area contributed by atoms with Crippen molar-refractivity contribution in [1.29, 1.82) is 0 Å². The normalized spacial score (nSPS) is 21.6. The molecule has 86 valence electrons. The third kappa shape index (κ3) is 2.80. The summed E-state index contributed by atoms with van der Waals surface area (Å²) in [6.45, 7) is 0. The molecule has 0 N–H and O–H groups in total. The van der Waals surface area contributed by atoms with E-state index >= 15 is 0 Å². The Hall–Kier alpha value is -0.480. The van der Waals surface area contributed by atoms with E-state index < -0.39 is 0 Å². The van der Waals surface area contributed by atoms with Crippen LogP contribution < -0.4 is 0 Å². The van der Waals surface area contributed by atoms with E-state index in [0.29, 0.717) is 12.3 Å². The molecule has 4 heteroatoms. The first-order valence-corrected chi connectivity index (χ1v) is 7.26. The van der Waals surface area contributed by atoms with Crippen LogP contribution in [0.4, 0.5) is 0 Å². The van der Waals surface area contributed by atoms with Gasteiger partial charge >= 0.3 is 5.97 Å². The van der Waals surface area contributed by atoms with Crippen molar-refractivity contribution in [3.63, 3.8) is 0 Å². The molecular formula is C12H14BrO2S+. The van der Waals surface area contributed by atoms with Crippen molar-refractivity contribution in [2.45, 2.75) is 6.42 Å². The van der Waals surface area contributed by atoms with Gasteiger partial charge in [0.05, 0.1) is 13.5 Å². The van der Waals surface area contributed by atoms with Crippen LogP contribution in [0.1, 0.15) is 6.42 Å². The fraction of sp³-hybridized carbons (Fsp3) is 0.417. The van der Waals surface area contributed by atoms with Crippen molar-refractivity contribution in [3.8, 4) is 0 Å². The van der Waals surface area contributed by atoms with Crippen LogP contribution in [-0.4, -0.2) is 24.6 Å². The minimum atomic E-state index is -0.110. The smallest absolute Gasteiger partial charge is 0.310 e. The summed E-state index contributed by atoms with van der Waals surface area (Å²) >= 11 is 4.78. The summed E-state index contributed by atoms with van der Waals surface area (Å²) in [6.07, 6.45) is 7.05. The minimum absolute atomic E-state index is 0.110. The first-order chi connectivity index (χ1) is 7.72. The van der Waals surface area contributed by atoms with Gasteiger partial charge in [-0.2, -0.15) is 0 Å². The lowest BCUT2D eigenvalue weighted by Gasteiger charge is -1.96. The van der Waals surface area contributed by atoms with Gasteiger partial charge in [-0.25, -0.2) is 0 Å². The topological polar surface area (TPSA) is 26.3 Å². The molecule has 0 aliphatic heterocycles. The summed E-state index contributed by atoms with van der Waals surface area (Å²) in [5.74, 6) is 2.45. The van der Waals surface area contributed by atoms with Crippen LogP contribution >= 0.6 is 15.9 Å². The molecule has 2 rings (SSSR count). The monoisotopic (exact) mass is 301 g/mol. The van der Waals surface area contributed by atoms with Gasteiger partial charge in [-0.1, -0.05) is 28.1 Å². The Balaban J connectivity index is 1.70. The maximum atomic E-state index is 10.9. The molecule has 2 aliphatic rings. The van der Waals surface area contributed by atoms with E-state index in [9.17, 15) is 4.79 Å². The average Bonchev–Trinajstić information content (AvgIpc) is 2.96. The second kappa shape index (κ2) is 5.23. The average molecular weight is 302 g/mol. The van der Waals surface area contributed by atoms with Gasteiger partial charge in [0.2, 0.25) is 0 Å². The van der Waals surface area contributed by atoms with Gasteiger partial charge in [0.25, 0.3) is 0 Å². The van der Waals surface area contributed by atoms with E-state index in [1.165, 1.54) is 30.0 Å². The lowest BCUT2D eigenvalue weighted by Crippen LogP contribution is -2.05. The largest absolute Gasteiger partial charge is 0.469 e. The molecule has 0 unspecified atom stereocenters. The van der Waals surface area contributed by atoms with Crippen molar-refractivity contribution in [1.82, 2.24) is 0 Å². The molecule has 0 bridgehead atoms. The third-order valence-corrected chi connectivity index (χ3v) is 4.32. The number of hydrogen-bond donors (Lipinski definition) is 0. The second-order valence-electron chi connectivity index (χ2n) is 3.78. The fourth-order valence-corrected chi connectivity index (χ4v) is 3.27. The van der Waals surface area contributed by atoms with E-state index in [0.717, 1.165) is 16.0 Å². The highest BCUT2D eigenvalue weighted by Gasteiger charge is 2.36. The molecule has 0 fully saturated rings. The predicted octanol–water partition coefficient (Wildman–Crippen LogP) is 2.14. The molecule has 0 aromatic rings. The zero-order chi connectivity index (χ0) is 11.5. The highest BCUT2D eigenvalue weighted by atomic mass is 79.9. The van der Waals surface area contributed by atoms with Crippen LogP contribution in [-0.2, 0) is 21.3 Å². The maximum Gasteiger partial charge on any atom is 0.310 e. The zero-order valence-electron chi connectivity index (χ0n) is 9.07. The van der Waals surface area contributed by atoms with Gasteiger partial charge < -0.3 is 4.74 Å². The number of esters is 1. The summed E-state index contributed by atoms with van der Waals surface area (Å²) < 4.78 is 5.75. The molecule has 0 radical (unpaired) electrons. The van der Waals surface area contributed by atoms with Crippen LogP contribution in [0, 0.1) is 5.92 Å². The molecule has 2 aliphatic carbocycles. The van der Waals surface area contributed by atoms with Gasteiger partial charge in [-0.15, -0.1) is 0 Å². The Morgan fingerprint density at radius 1 is 1.62 bits per heavy atom. The molecule has 0 saturated heterocycles. The molecule has 0 amide bonds. The number of thiol groups is 1. The van der Waals surface area contributed by atoms with E-state index in [1.807, 2.05) is 0 Å². The number of rotatable bonds is 5. The molecule has 2 nitrogen and oxygen atoms in total. The molecule has 0 spiro atoms. The SMILES string of the molecule is COC(=O)CC[SH+]CC1=C2C=C(Br)C=C[C@@H]21. The number of halogens is 1. The molecule has 0 heterocycles. The maximum absolute atomic E-state index is 10.9. The van der Waals surface area contributed by atoms with Gasteiger partial charge in [0.15, 0.2) is 0 Å². The molecule has 0 aromatic heterocycles. The van der Waals surface area contributed by atoms with Crippen molar-refractivity contribution >= 4 is 33.7 Å². The summed E-state index contributed by atoms with van der Waals surface area (Å²) in [5.41, 5.74) is 2.98. The summed E-state index contributed by atoms with van der Waals surface area (Å²) in [4.78, 5) is 10.9. The van der Waals surface area contributed by atoms with E-state index in [-0.39, 0.29) is 5.97 Å². The number of fused-ring (bicyclic) bond motifs is 1. The number of carbonyl (C=O) groups is 1. The fourth-order valence-electron chi connectivity index (χ4n) is 1.76. The number of methoxy groups -OCH3 is 1. The van der Waals surface area contributed by atoms with E-state index in [4.69, 9.17) is 0 Å². The number of ether oxygens (including phenoxy) is 1. The molecule has 0 aromatic carbocycles. The second-order valence-corrected chi connectivity index (χ2v) is 5.90. The standard InChI is InChI=1S/C12H13BrO2S/c1-15-12(14)4-5-16-7-11-9-3-2-8(13)6-10(9)11/h2-3,6,9H,4-5,7H2,1H3/p+1/t9-/m0/s1. The Kier molecular flexibility index (Phi) is 3.92. The van der Waals surface area contributed by atoms with Crippen LogP contribution in [0.15, 0.2) is 33.9 Å². The zero-order valence-corrected chi connectivity index (χ0v) is 11.6. The van der Waals surface area contributed by atoms with Gasteiger partial charge in [0.1, 0.15) is 11.5 Å².